The van der Waals surface area contributed by atoms with E-state index in [1.165, 1.54) is 5.56 Å². The monoisotopic (exact) mass is 207 g/mol. The van der Waals surface area contributed by atoms with Crippen molar-refractivity contribution in [2.45, 2.75) is 20.4 Å². The number of hydrogen-bond acceptors (Lipinski definition) is 2. The maximum absolute atomic E-state index is 5.20. The summed E-state index contributed by atoms with van der Waals surface area (Å²) in [5.74, 6) is 1.64. The van der Waals surface area contributed by atoms with Gasteiger partial charge in [0.15, 0.2) is 0 Å². The molecule has 1 rings (SSSR count). The number of methoxy groups -OCH3 is 1. The Hall–Kier alpha value is -1.02. The van der Waals surface area contributed by atoms with Crippen molar-refractivity contribution in [3.63, 3.8) is 0 Å². The van der Waals surface area contributed by atoms with Gasteiger partial charge in [0.25, 0.3) is 0 Å². The lowest BCUT2D eigenvalue weighted by molar-refractivity contribution is 0.288. The van der Waals surface area contributed by atoms with Crippen LogP contribution in [0.15, 0.2) is 24.3 Å². The van der Waals surface area contributed by atoms with Crippen molar-refractivity contribution >= 4 is 0 Å². The fourth-order valence-corrected chi connectivity index (χ4v) is 1.77. The van der Waals surface area contributed by atoms with E-state index in [4.69, 9.17) is 4.74 Å². The predicted molar refractivity (Wildman–Crippen MR) is 64.2 cm³/mol. The first kappa shape index (κ1) is 12.1. The molecule has 0 atom stereocenters. The van der Waals surface area contributed by atoms with Gasteiger partial charge in [0.2, 0.25) is 0 Å². The Labute approximate surface area is 92.9 Å². The number of hydrogen-bond donors (Lipinski definition) is 0. The lowest BCUT2D eigenvalue weighted by Crippen LogP contribution is -2.22. The van der Waals surface area contributed by atoms with Gasteiger partial charge >= 0.3 is 0 Å². The van der Waals surface area contributed by atoms with Crippen molar-refractivity contribution in [2.24, 2.45) is 5.92 Å². The summed E-state index contributed by atoms with van der Waals surface area (Å²) >= 11 is 0. The Balaban J connectivity index is 2.55. The maximum atomic E-state index is 5.20. The lowest BCUT2D eigenvalue weighted by Gasteiger charge is -2.19. The standard InChI is InChI=1S/C13H21NO/c1-11(2)9-14(3)10-12-6-5-7-13(8-12)15-4/h5-8,11H,9-10H2,1-4H3. The van der Waals surface area contributed by atoms with Gasteiger partial charge in [-0.15, -0.1) is 0 Å². The Bertz CT molecular complexity index is 296. The smallest absolute Gasteiger partial charge is 0.119 e. The van der Waals surface area contributed by atoms with Crippen LogP contribution in [-0.4, -0.2) is 25.6 Å². The van der Waals surface area contributed by atoms with E-state index < -0.39 is 0 Å². The molecule has 0 amide bonds. The van der Waals surface area contributed by atoms with Crippen LogP contribution in [0.5, 0.6) is 5.75 Å². The van der Waals surface area contributed by atoms with E-state index in [0.29, 0.717) is 5.92 Å². The van der Waals surface area contributed by atoms with Crippen LogP contribution in [-0.2, 0) is 6.54 Å². The first-order valence-electron chi connectivity index (χ1n) is 5.43. The third kappa shape index (κ3) is 4.34. The van der Waals surface area contributed by atoms with Crippen LogP contribution in [0.25, 0.3) is 0 Å². The van der Waals surface area contributed by atoms with Crippen molar-refractivity contribution in [1.29, 1.82) is 0 Å². The fraction of sp³-hybridized carbons (Fsp3) is 0.538. The molecular weight excluding hydrogens is 186 g/mol. The molecule has 1 aromatic rings. The molecule has 0 radical (unpaired) electrons. The average molecular weight is 207 g/mol. The molecule has 1 aromatic carbocycles. The summed E-state index contributed by atoms with van der Waals surface area (Å²) in [7, 11) is 3.86. The van der Waals surface area contributed by atoms with E-state index in [9.17, 15) is 0 Å². The minimum Gasteiger partial charge on any atom is -0.497 e. The summed E-state index contributed by atoms with van der Waals surface area (Å²) in [5.41, 5.74) is 1.30. The quantitative estimate of drug-likeness (QED) is 0.736. The molecular formula is C13H21NO. The third-order valence-electron chi connectivity index (χ3n) is 2.26. The predicted octanol–water partition coefficient (Wildman–Crippen LogP) is 2.78. The summed E-state index contributed by atoms with van der Waals surface area (Å²) in [6.07, 6.45) is 0. The van der Waals surface area contributed by atoms with Crippen molar-refractivity contribution < 1.29 is 4.74 Å². The highest BCUT2D eigenvalue weighted by molar-refractivity contribution is 5.28. The second-order valence-electron chi connectivity index (χ2n) is 4.44. The number of rotatable bonds is 5. The summed E-state index contributed by atoms with van der Waals surface area (Å²) in [5, 5.41) is 0. The van der Waals surface area contributed by atoms with E-state index >= 15 is 0 Å². The van der Waals surface area contributed by atoms with Gasteiger partial charge in [0.05, 0.1) is 7.11 Å². The molecule has 0 bridgehead atoms. The number of nitrogens with zero attached hydrogens (tertiary/aromatic N) is 1. The number of ether oxygens (including phenoxy) is 1. The highest BCUT2D eigenvalue weighted by atomic mass is 16.5. The van der Waals surface area contributed by atoms with E-state index in [0.717, 1.165) is 18.8 Å². The molecule has 0 aliphatic rings. The molecule has 15 heavy (non-hydrogen) atoms. The second kappa shape index (κ2) is 5.76. The molecule has 0 aromatic heterocycles. The molecule has 0 saturated carbocycles. The zero-order chi connectivity index (χ0) is 11.3. The molecule has 0 N–H and O–H groups in total. The zero-order valence-corrected chi connectivity index (χ0v) is 10.2. The van der Waals surface area contributed by atoms with Gasteiger partial charge in [-0.2, -0.15) is 0 Å². The average Bonchev–Trinajstić information content (AvgIpc) is 2.16. The van der Waals surface area contributed by atoms with Crippen LogP contribution in [0.4, 0.5) is 0 Å². The Morgan fingerprint density at radius 2 is 2.07 bits per heavy atom. The van der Waals surface area contributed by atoms with E-state index in [1.54, 1.807) is 7.11 Å². The first-order chi connectivity index (χ1) is 7.11. The molecule has 0 aliphatic heterocycles. The molecule has 0 aliphatic carbocycles. The van der Waals surface area contributed by atoms with E-state index in [-0.39, 0.29) is 0 Å². The summed E-state index contributed by atoms with van der Waals surface area (Å²) in [6.45, 7) is 6.58. The zero-order valence-electron chi connectivity index (χ0n) is 10.2. The van der Waals surface area contributed by atoms with Gasteiger partial charge in [-0.05, 0) is 30.7 Å². The van der Waals surface area contributed by atoms with Crippen LogP contribution >= 0.6 is 0 Å². The molecule has 0 saturated heterocycles. The van der Waals surface area contributed by atoms with Crippen molar-refractivity contribution in [3.05, 3.63) is 29.8 Å². The van der Waals surface area contributed by atoms with Gasteiger partial charge in [0, 0.05) is 13.1 Å². The van der Waals surface area contributed by atoms with Crippen LogP contribution in [0.3, 0.4) is 0 Å². The molecule has 0 unspecified atom stereocenters. The van der Waals surface area contributed by atoms with Crippen molar-refractivity contribution in [2.75, 3.05) is 20.7 Å². The lowest BCUT2D eigenvalue weighted by atomic mass is 10.1. The van der Waals surface area contributed by atoms with E-state index in [1.807, 2.05) is 12.1 Å². The largest absolute Gasteiger partial charge is 0.497 e. The van der Waals surface area contributed by atoms with Crippen LogP contribution in [0, 0.1) is 5.92 Å². The highest BCUT2D eigenvalue weighted by Gasteiger charge is 2.03. The molecule has 0 spiro atoms. The summed E-state index contributed by atoms with van der Waals surface area (Å²) in [4.78, 5) is 2.33. The Morgan fingerprint density at radius 3 is 2.67 bits per heavy atom. The normalized spacial score (nSPS) is 11.1. The first-order valence-corrected chi connectivity index (χ1v) is 5.43. The van der Waals surface area contributed by atoms with Crippen molar-refractivity contribution in [3.8, 4) is 5.75 Å². The van der Waals surface area contributed by atoms with Gasteiger partial charge in [0.1, 0.15) is 5.75 Å². The minimum absolute atomic E-state index is 0.709. The molecule has 0 fully saturated rings. The van der Waals surface area contributed by atoms with Crippen molar-refractivity contribution in [1.82, 2.24) is 4.90 Å². The summed E-state index contributed by atoms with van der Waals surface area (Å²) < 4.78 is 5.20. The molecule has 84 valence electrons. The molecule has 0 heterocycles. The van der Waals surface area contributed by atoms with Crippen LogP contribution in [0.1, 0.15) is 19.4 Å². The van der Waals surface area contributed by atoms with Crippen LogP contribution < -0.4 is 4.74 Å². The SMILES string of the molecule is COc1cccc(CN(C)CC(C)C)c1. The molecule has 2 nitrogen and oxygen atoms in total. The van der Waals surface area contributed by atoms with E-state index in [2.05, 4.69) is 37.9 Å². The summed E-state index contributed by atoms with van der Waals surface area (Å²) in [6, 6.07) is 8.25. The topological polar surface area (TPSA) is 12.5 Å². The van der Waals surface area contributed by atoms with Gasteiger partial charge in [-0.3, -0.25) is 0 Å². The minimum atomic E-state index is 0.709. The Kier molecular flexibility index (Phi) is 4.63. The van der Waals surface area contributed by atoms with Crippen LogP contribution in [0.2, 0.25) is 0 Å². The highest BCUT2D eigenvalue weighted by Crippen LogP contribution is 2.14. The third-order valence-corrected chi connectivity index (χ3v) is 2.26. The Morgan fingerprint density at radius 1 is 1.33 bits per heavy atom. The van der Waals surface area contributed by atoms with Gasteiger partial charge in [-0.1, -0.05) is 26.0 Å². The number of benzene rings is 1. The second-order valence-corrected chi connectivity index (χ2v) is 4.44. The maximum Gasteiger partial charge on any atom is 0.119 e. The molecule has 2 heteroatoms. The van der Waals surface area contributed by atoms with Gasteiger partial charge < -0.3 is 9.64 Å². The fourth-order valence-electron chi connectivity index (χ4n) is 1.77. The van der Waals surface area contributed by atoms with Gasteiger partial charge in [-0.25, -0.2) is 0 Å².